The second kappa shape index (κ2) is 5.23. The molecule has 0 saturated heterocycles. The summed E-state index contributed by atoms with van der Waals surface area (Å²) >= 11 is 0. The normalized spacial score (nSPS) is 13.9. The number of rotatable bonds is 5. The molecule has 0 aliphatic heterocycles. The Balaban J connectivity index is 1.99. The molecule has 3 heteroatoms. The average molecular weight is 231 g/mol. The zero-order valence-corrected chi connectivity index (χ0v) is 10.7. The summed E-state index contributed by atoms with van der Waals surface area (Å²) in [6.07, 6.45) is 3.60. The summed E-state index contributed by atoms with van der Waals surface area (Å²) in [5, 5.41) is 3.52. The van der Waals surface area contributed by atoms with Crippen molar-refractivity contribution in [2.45, 2.75) is 19.3 Å². The summed E-state index contributed by atoms with van der Waals surface area (Å²) in [4.78, 5) is 2.22. The van der Waals surface area contributed by atoms with Gasteiger partial charge in [0, 0.05) is 30.0 Å². The summed E-state index contributed by atoms with van der Waals surface area (Å²) in [6.45, 7) is 1.08. The van der Waals surface area contributed by atoms with Crippen molar-refractivity contribution < 1.29 is 0 Å². The minimum absolute atomic E-state index is 0.810. The number of benzene rings is 1. The Kier molecular flexibility index (Phi) is 3.69. The number of nitrogens with one attached hydrogen (secondary N) is 1. The van der Waals surface area contributed by atoms with Crippen LogP contribution in [0.15, 0.2) is 35.5 Å². The molecular weight excluding hydrogens is 210 g/mol. The van der Waals surface area contributed by atoms with Gasteiger partial charge in [0.1, 0.15) is 0 Å². The fraction of sp³-hybridized carbons (Fsp3) is 0.429. The number of allylic oxidation sites excluding steroid dienone is 1. The number of nitrogen functional groups attached to an aromatic ring is 1. The van der Waals surface area contributed by atoms with Crippen molar-refractivity contribution in [3.05, 3.63) is 35.5 Å². The van der Waals surface area contributed by atoms with Crippen LogP contribution < -0.4 is 11.1 Å². The van der Waals surface area contributed by atoms with Crippen LogP contribution in [0.3, 0.4) is 0 Å². The van der Waals surface area contributed by atoms with Crippen LogP contribution in [0.2, 0.25) is 0 Å². The van der Waals surface area contributed by atoms with E-state index >= 15 is 0 Å². The van der Waals surface area contributed by atoms with Gasteiger partial charge in [-0.15, -0.1) is 0 Å². The lowest BCUT2D eigenvalue weighted by Crippen LogP contribution is -2.15. The maximum absolute atomic E-state index is 5.68. The summed E-state index contributed by atoms with van der Waals surface area (Å²) in [7, 11) is 4.22. The molecule has 1 saturated carbocycles. The maximum atomic E-state index is 5.68. The molecule has 2 rings (SSSR count). The lowest BCUT2D eigenvalue weighted by Gasteiger charge is -2.14. The van der Waals surface area contributed by atoms with Crippen LogP contribution in [-0.2, 0) is 0 Å². The third kappa shape index (κ3) is 3.79. The van der Waals surface area contributed by atoms with Crippen LogP contribution in [0, 0.1) is 0 Å². The Morgan fingerprint density at radius 2 is 1.88 bits per heavy atom. The van der Waals surface area contributed by atoms with Crippen molar-refractivity contribution >= 4 is 11.4 Å². The molecule has 17 heavy (non-hydrogen) atoms. The van der Waals surface area contributed by atoms with Gasteiger partial charge in [-0.2, -0.15) is 0 Å². The van der Waals surface area contributed by atoms with Gasteiger partial charge >= 0.3 is 0 Å². The van der Waals surface area contributed by atoms with E-state index in [-0.39, 0.29) is 0 Å². The highest BCUT2D eigenvalue weighted by Gasteiger charge is 2.17. The van der Waals surface area contributed by atoms with E-state index in [1.165, 1.54) is 18.5 Å². The molecule has 1 aliphatic carbocycles. The van der Waals surface area contributed by atoms with Crippen LogP contribution in [-0.4, -0.2) is 25.5 Å². The van der Waals surface area contributed by atoms with Crippen LogP contribution in [0.4, 0.5) is 11.4 Å². The summed E-state index contributed by atoms with van der Waals surface area (Å²) in [5.41, 5.74) is 10.6. The molecule has 1 aliphatic rings. The first-order valence-electron chi connectivity index (χ1n) is 6.13. The van der Waals surface area contributed by atoms with Gasteiger partial charge in [0.05, 0.1) is 0 Å². The summed E-state index contributed by atoms with van der Waals surface area (Å²) in [5.74, 6) is 0. The maximum Gasteiger partial charge on any atom is 0.0383 e. The van der Waals surface area contributed by atoms with E-state index in [9.17, 15) is 0 Å². The zero-order chi connectivity index (χ0) is 12.3. The lowest BCUT2D eigenvalue weighted by molar-refractivity contribution is 0.413. The minimum atomic E-state index is 0.810. The molecule has 1 aromatic carbocycles. The third-order valence-corrected chi connectivity index (χ3v) is 2.94. The first-order chi connectivity index (χ1) is 8.15. The van der Waals surface area contributed by atoms with Crippen LogP contribution in [0.1, 0.15) is 19.3 Å². The van der Waals surface area contributed by atoms with E-state index < -0.39 is 0 Å². The van der Waals surface area contributed by atoms with Crippen molar-refractivity contribution in [2.75, 3.05) is 31.7 Å². The number of anilines is 2. The molecular formula is C14H21N3. The Bertz CT molecular complexity index is 398. The Morgan fingerprint density at radius 1 is 1.24 bits per heavy atom. The van der Waals surface area contributed by atoms with Gasteiger partial charge in [-0.05, 0) is 51.2 Å². The van der Waals surface area contributed by atoms with Crippen molar-refractivity contribution in [1.82, 2.24) is 4.90 Å². The molecule has 92 valence electrons. The van der Waals surface area contributed by atoms with Gasteiger partial charge in [-0.3, -0.25) is 0 Å². The number of nitrogens with two attached hydrogens (primary N) is 1. The number of hydrogen-bond acceptors (Lipinski definition) is 3. The fourth-order valence-corrected chi connectivity index (χ4v) is 1.77. The average Bonchev–Trinajstić information content (AvgIpc) is 3.10. The summed E-state index contributed by atoms with van der Waals surface area (Å²) in [6, 6.07) is 7.94. The highest BCUT2D eigenvalue weighted by atomic mass is 15.1. The van der Waals surface area contributed by atoms with Crippen molar-refractivity contribution in [3.8, 4) is 0 Å². The highest BCUT2D eigenvalue weighted by Crippen LogP contribution is 2.33. The molecule has 3 N–H and O–H groups in total. The Labute approximate surface area is 103 Å². The van der Waals surface area contributed by atoms with Gasteiger partial charge in [0.25, 0.3) is 0 Å². The molecule has 0 atom stereocenters. The first kappa shape index (κ1) is 12.0. The largest absolute Gasteiger partial charge is 0.399 e. The molecule has 0 bridgehead atoms. The third-order valence-electron chi connectivity index (χ3n) is 2.94. The predicted molar refractivity (Wildman–Crippen MR) is 73.9 cm³/mol. The molecule has 0 spiro atoms. The standard InChI is InChI=1S/C14H21N3/c1-17(2)10-9-14(11-3-4-11)16-13-7-5-12(15)6-8-13/h5-8,16H,3-4,9-10,15H2,1-2H3. The van der Waals surface area contributed by atoms with Crippen LogP contribution in [0.25, 0.3) is 0 Å². The second-order valence-electron chi connectivity index (χ2n) is 4.88. The van der Waals surface area contributed by atoms with Crippen molar-refractivity contribution in [2.24, 2.45) is 0 Å². The Hall–Kier alpha value is -1.48. The van der Waals surface area contributed by atoms with E-state index in [0.717, 1.165) is 24.3 Å². The molecule has 0 amide bonds. The Morgan fingerprint density at radius 3 is 2.41 bits per heavy atom. The van der Waals surface area contributed by atoms with E-state index in [4.69, 9.17) is 5.73 Å². The van der Waals surface area contributed by atoms with Gasteiger partial charge in [0.15, 0.2) is 0 Å². The quantitative estimate of drug-likeness (QED) is 0.766. The molecule has 3 nitrogen and oxygen atoms in total. The van der Waals surface area contributed by atoms with Gasteiger partial charge in [0.2, 0.25) is 0 Å². The minimum Gasteiger partial charge on any atom is -0.399 e. The molecule has 0 aromatic heterocycles. The van der Waals surface area contributed by atoms with Crippen LogP contribution in [0.5, 0.6) is 0 Å². The molecule has 1 fully saturated rings. The van der Waals surface area contributed by atoms with E-state index in [2.05, 4.69) is 24.3 Å². The number of nitrogens with zero attached hydrogens (tertiary/aromatic N) is 1. The fourth-order valence-electron chi connectivity index (χ4n) is 1.77. The number of hydrogen-bond donors (Lipinski definition) is 2. The van der Waals surface area contributed by atoms with Gasteiger partial charge in [-0.25, -0.2) is 0 Å². The second-order valence-corrected chi connectivity index (χ2v) is 4.88. The molecule has 0 unspecified atom stereocenters. The zero-order valence-electron chi connectivity index (χ0n) is 10.7. The smallest absolute Gasteiger partial charge is 0.0383 e. The highest BCUT2D eigenvalue weighted by molar-refractivity contribution is 5.55. The predicted octanol–water partition coefficient (Wildman–Crippen LogP) is 2.68. The van der Waals surface area contributed by atoms with Crippen molar-refractivity contribution in [3.63, 3.8) is 0 Å². The SMILES string of the molecule is CN(C)CCC(Nc1ccc(N)cc1)=C1CC1. The summed E-state index contributed by atoms with van der Waals surface area (Å²) < 4.78 is 0. The molecule has 0 heterocycles. The topological polar surface area (TPSA) is 41.3 Å². The van der Waals surface area contributed by atoms with E-state index in [1.807, 2.05) is 24.3 Å². The lowest BCUT2D eigenvalue weighted by atomic mass is 10.2. The van der Waals surface area contributed by atoms with E-state index in [1.54, 1.807) is 5.57 Å². The molecule has 0 radical (unpaired) electrons. The van der Waals surface area contributed by atoms with Gasteiger partial charge in [-0.1, -0.05) is 5.57 Å². The van der Waals surface area contributed by atoms with Crippen molar-refractivity contribution in [1.29, 1.82) is 0 Å². The van der Waals surface area contributed by atoms with Crippen LogP contribution >= 0.6 is 0 Å². The van der Waals surface area contributed by atoms with Gasteiger partial charge < -0.3 is 16.0 Å². The van der Waals surface area contributed by atoms with E-state index in [0.29, 0.717) is 0 Å². The molecule has 1 aromatic rings. The monoisotopic (exact) mass is 231 g/mol. The first-order valence-corrected chi connectivity index (χ1v) is 6.13.